The van der Waals surface area contributed by atoms with E-state index >= 15 is 0 Å². The summed E-state index contributed by atoms with van der Waals surface area (Å²) in [4.78, 5) is 30.6. The Hall–Kier alpha value is -1.01. The van der Waals surface area contributed by atoms with Crippen LogP contribution in [0.25, 0.3) is 0 Å². The molecule has 0 fully saturated rings. The molecule has 0 aliphatic carbocycles. The van der Waals surface area contributed by atoms with Gasteiger partial charge in [0, 0.05) is 17.9 Å². The van der Waals surface area contributed by atoms with Gasteiger partial charge in [0.1, 0.15) is 0 Å². The number of carbonyl (C=O) groups is 3. The predicted octanol–water partition coefficient (Wildman–Crippen LogP) is 14.3. The molecule has 0 aromatic carbocycles. The van der Waals surface area contributed by atoms with Crippen molar-refractivity contribution in [1.82, 2.24) is 0 Å². The van der Waals surface area contributed by atoms with Crippen molar-refractivity contribution in [3.63, 3.8) is 0 Å². The van der Waals surface area contributed by atoms with Crippen LogP contribution in [0.4, 0.5) is 0 Å². The Morgan fingerprint density at radius 3 is 0.574 bits per heavy atom. The molecule has 0 aliphatic heterocycles. The maximum atomic E-state index is 10.2. The summed E-state index contributed by atoms with van der Waals surface area (Å²) >= 11 is 0. The zero-order valence-corrected chi connectivity index (χ0v) is 44.4. The molecule has 0 atom stereocenters. The van der Waals surface area contributed by atoms with Gasteiger partial charge >= 0.3 is 41.3 Å². The molecular weight excluding hydrogens is 885 g/mol. The molecule has 0 radical (unpaired) electrons. The maximum Gasteiger partial charge on any atom is 3.00 e. The SMILES string of the molecule is CCCCCCCC/C=C\CCCCCCCC(=O)[O-].CCCCCCCC/C=C\CCCCCCCC(=O)[O-].CCCCCCCC/C=C\CCCCCCCC(=O)[O-].[Pr+3]. The Balaban J connectivity index is -0.000000396. The number of allylic oxidation sites excluding steroid dienone is 6. The minimum Gasteiger partial charge on any atom is -0.550 e. The molecule has 0 unspecified atom stereocenters. The number of aliphatic carboxylic acids is 3. The summed E-state index contributed by atoms with van der Waals surface area (Å²) in [6.07, 6.45) is 62.7. The summed E-state index contributed by atoms with van der Waals surface area (Å²) in [5.41, 5.74) is 0. The van der Waals surface area contributed by atoms with E-state index in [2.05, 4.69) is 57.2 Å². The third-order valence-corrected chi connectivity index (χ3v) is 10.9. The van der Waals surface area contributed by atoms with Gasteiger partial charge in [0.15, 0.2) is 0 Å². The third-order valence-electron chi connectivity index (χ3n) is 10.9. The smallest absolute Gasteiger partial charge is 0.550 e. The Kier molecular flexibility index (Phi) is 69.1. The van der Waals surface area contributed by atoms with Crippen LogP contribution in [0.5, 0.6) is 0 Å². The number of hydrogen-bond acceptors (Lipinski definition) is 6. The molecule has 0 rings (SSSR count). The number of carbonyl (C=O) groups excluding carboxylic acids is 3. The van der Waals surface area contributed by atoms with Crippen LogP contribution in [0, 0.1) is 41.3 Å². The largest absolute Gasteiger partial charge is 3.00 e. The summed E-state index contributed by atoms with van der Waals surface area (Å²) in [5, 5.41) is 30.6. The second-order valence-corrected chi connectivity index (χ2v) is 17.1. The monoisotopic (exact) mass is 985 g/mol. The first kappa shape index (κ1) is 66.6. The Morgan fingerprint density at radius 2 is 0.410 bits per heavy atom. The van der Waals surface area contributed by atoms with Gasteiger partial charge < -0.3 is 29.7 Å². The van der Waals surface area contributed by atoms with Crippen molar-refractivity contribution in [2.75, 3.05) is 0 Å². The zero-order valence-electron chi connectivity index (χ0n) is 40.7. The van der Waals surface area contributed by atoms with E-state index in [0.717, 1.165) is 57.8 Å². The number of carboxylic acids is 3. The van der Waals surface area contributed by atoms with Crippen LogP contribution in [-0.2, 0) is 14.4 Å². The summed E-state index contributed by atoms with van der Waals surface area (Å²) in [6.45, 7) is 6.77. The Bertz CT molecular complexity index is 827. The maximum absolute atomic E-state index is 10.2. The van der Waals surface area contributed by atoms with Gasteiger partial charge in [-0.1, -0.05) is 211 Å². The van der Waals surface area contributed by atoms with Gasteiger partial charge in [0.25, 0.3) is 0 Å². The number of hydrogen-bond donors (Lipinski definition) is 0. The van der Waals surface area contributed by atoms with Crippen LogP contribution in [0.1, 0.15) is 290 Å². The average molecular weight is 985 g/mol. The van der Waals surface area contributed by atoms with Crippen LogP contribution in [0.15, 0.2) is 36.5 Å². The molecule has 354 valence electrons. The number of unbranched alkanes of at least 4 members (excludes halogenated alkanes) is 33. The Labute approximate surface area is 412 Å². The first-order valence-electron chi connectivity index (χ1n) is 25.9. The van der Waals surface area contributed by atoms with Gasteiger partial charge in [-0.25, -0.2) is 0 Å². The fraction of sp³-hybridized carbons (Fsp3) is 0.833. The first-order chi connectivity index (χ1) is 29.3. The van der Waals surface area contributed by atoms with Crippen molar-refractivity contribution < 1.29 is 71.0 Å². The fourth-order valence-electron chi connectivity index (χ4n) is 7.02. The first-order valence-corrected chi connectivity index (χ1v) is 25.9. The van der Waals surface area contributed by atoms with Crippen molar-refractivity contribution >= 4 is 17.9 Å². The van der Waals surface area contributed by atoms with Crippen molar-refractivity contribution in [3.8, 4) is 0 Å². The molecule has 0 N–H and O–H groups in total. The zero-order chi connectivity index (χ0) is 44.7. The molecule has 0 saturated carbocycles. The van der Waals surface area contributed by atoms with Gasteiger partial charge in [-0.3, -0.25) is 0 Å². The predicted molar refractivity (Wildman–Crippen MR) is 253 cm³/mol. The van der Waals surface area contributed by atoms with E-state index in [1.807, 2.05) is 0 Å². The molecule has 0 spiro atoms. The van der Waals surface area contributed by atoms with E-state index in [0.29, 0.717) is 0 Å². The standard InChI is InChI=1S/3C18H34O2.Pr/c3*1-2-3-4-5-6-7-8-9-10-11-12-13-14-15-16-17-18(19)20;/h3*9-10H,2-8,11-17H2,1H3,(H,19,20);/q;;;+3/p-3/b3*10-9-;. The van der Waals surface area contributed by atoms with Crippen LogP contribution >= 0.6 is 0 Å². The molecule has 6 nitrogen and oxygen atoms in total. The molecule has 0 amide bonds. The third kappa shape index (κ3) is 76.7. The molecule has 0 aliphatic rings. The number of rotatable bonds is 45. The van der Waals surface area contributed by atoms with E-state index in [-0.39, 0.29) is 60.6 Å². The van der Waals surface area contributed by atoms with Gasteiger partial charge in [-0.05, 0) is 116 Å². The summed E-state index contributed by atoms with van der Waals surface area (Å²) < 4.78 is 0. The van der Waals surface area contributed by atoms with Gasteiger partial charge in [0.05, 0.1) is 0 Å². The summed E-state index contributed by atoms with van der Waals surface area (Å²) in [5.74, 6) is -2.74. The van der Waals surface area contributed by atoms with Crippen LogP contribution in [0.2, 0.25) is 0 Å². The van der Waals surface area contributed by atoms with Crippen LogP contribution in [0.3, 0.4) is 0 Å². The molecule has 0 heterocycles. The second kappa shape index (κ2) is 63.3. The van der Waals surface area contributed by atoms with Gasteiger partial charge in [-0.2, -0.15) is 0 Å². The van der Waals surface area contributed by atoms with E-state index in [1.54, 1.807) is 0 Å². The van der Waals surface area contributed by atoms with E-state index in [9.17, 15) is 29.7 Å². The van der Waals surface area contributed by atoms with Gasteiger partial charge in [0.2, 0.25) is 0 Å². The van der Waals surface area contributed by atoms with E-state index in [1.165, 1.54) is 193 Å². The fourth-order valence-corrected chi connectivity index (χ4v) is 7.02. The molecule has 0 bridgehead atoms. The summed E-state index contributed by atoms with van der Waals surface area (Å²) in [7, 11) is 0. The van der Waals surface area contributed by atoms with Crippen LogP contribution in [-0.4, -0.2) is 17.9 Å². The second-order valence-electron chi connectivity index (χ2n) is 17.1. The summed E-state index contributed by atoms with van der Waals surface area (Å²) in [6, 6.07) is 0. The average Bonchev–Trinajstić information content (AvgIpc) is 3.22. The van der Waals surface area contributed by atoms with E-state index in [4.69, 9.17) is 0 Å². The molecule has 61 heavy (non-hydrogen) atoms. The molecule has 0 aromatic heterocycles. The Morgan fingerprint density at radius 1 is 0.262 bits per heavy atom. The quantitative estimate of drug-likeness (QED) is 0.0443. The van der Waals surface area contributed by atoms with Crippen LogP contribution < -0.4 is 15.3 Å². The molecule has 0 aromatic rings. The molecule has 7 heteroatoms. The van der Waals surface area contributed by atoms with Gasteiger partial charge in [-0.15, -0.1) is 0 Å². The minimum atomic E-state index is -0.914. The van der Waals surface area contributed by atoms with Crippen molar-refractivity contribution in [2.24, 2.45) is 0 Å². The van der Waals surface area contributed by atoms with Crippen molar-refractivity contribution in [2.45, 2.75) is 290 Å². The van der Waals surface area contributed by atoms with E-state index < -0.39 is 17.9 Å². The molecular formula is C54H99O6Pr. The van der Waals surface area contributed by atoms with Crippen molar-refractivity contribution in [3.05, 3.63) is 36.5 Å². The minimum absolute atomic E-state index is 0. The number of carboxylic acid groups (broad SMARTS) is 3. The van der Waals surface area contributed by atoms with Crippen molar-refractivity contribution in [1.29, 1.82) is 0 Å². The normalized spacial score (nSPS) is 11.1. The topological polar surface area (TPSA) is 120 Å². The molecule has 0 saturated heterocycles.